The average Bonchev–Trinajstić information content (AvgIpc) is 2.91. The van der Waals surface area contributed by atoms with Crippen LogP contribution in [0.1, 0.15) is 22.7 Å². The molecule has 1 saturated heterocycles. The second-order valence-electron chi connectivity index (χ2n) is 6.26. The van der Waals surface area contributed by atoms with E-state index in [0.717, 1.165) is 11.1 Å². The molecule has 1 N–H and O–H groups in total. The van der Waals surface area contributed by atoms with Crippen molar-refractivity contribution < 1.29 is 19.4 Å². The molecule has 134 valence electrons. The molecule has 1 amide bonds. The van der Waals surface area contributed by atoms with Gasteiger partial charge in [0.1, 0.15) is 5.76 Å². The number of aliphatic hydroxyl groups is 1. The van der Waals surface area contributed by atoms with Crippen LogP contribution in [-0.4, -0.2) is 42.0 Å². The van der Waals surface area contributed by atoms with E-state index in [4.69, 9.17) is 4.74 Å². The van der Waals surface area contributed by atoms with Crippen molar-refractivity contribution in [3.63, 3.8) is 0 Å². The Kier molecular flexibility index (Phi) is 5.19. The van der Waals surface area contributed by atoms with Gasteiger partial charge in [-0.25, -0.2) is 0 Å². The molecule has 1 atom stereocenters. The van der Waals surface area contributed by atoms with Crippen LogP contribution in [-0.2, 0) is 14.3 Å². The number of aliphatic hydroxyl groups excluding tert-OH is 1. The topological polar surface area (TPSA) is 66.8 Å². The third-order valence-electron chi connectivity index (χ3n) is 4.52. The Morgan fingerprint density at radius 2 is 1.73 bits per heavy atom. The van der Waals surface area contributed by atoms with Crippen LogP contribution in [0, 0.1) is 6.92 Å². The number of benzene rings is 2. The molecule has 0 aliphatic carbocycles. The van der Waals surface area contributed by atoms with Gasteiger partial charge in [0.2, 0.25) is 0 Å². The van der Waals surface area contributed by atoms with E-state index in [9.17, 15) is 14.7 Å². The number of ketones is 1. The maximum Gasteiger partial charge on any atom is 0.295 e. The van der Waals surface area contributed by atoms with Crippen LogP contribution in [0.3, 0.4) is 0 Å². The first-order chi connectivity index (χ1) is 12.5. The van der Waals surface area contributed by atoms with Gasteiger partial charge in [-0.2, -0.15) is 0 Å². The molecule has 1 heterocycles. The van der Waals surface area contributed by atoms with Crippen molar-refractivity contribution in [3.05, 3.63) is 76.9 Å². The van der Waals surface area contributed by atoms with Gasteiger partial charge in [-0.15, -0.1) is 0 Å². The van der Waals surface area contributed by atoms with Crippen molar-refractivity contribution in [2.24, 2.45) is 0 Å². The molecule has 1 fully saturated rings. The van der Waals surface area contributed by atoms with Gasteiger partial charge in [-0.05, 0) is 12.5 Å². The first-order valence-electron chi connectivity index (χ1n) is 8.44. The van der Waals surface area contributed by atoms with Crippen LogP contribution in [0.4, 0.5) is 0 Å². The molecule has 0 radical (unpaired) electrons. The highest BCUT2D eigenvalue weighted by Gasteiger charge is 2.45. The summed E-state index contributed by atoms with van der Waals surface area (Å²) in [4.78, 5) is 26.7. The molecule has 1 aliphatic rings. The number of methoxy groups -OCH3 is 1. The minimum absolute atomic E-state index is 0.112. The Hall–Kier alpha value is -2.92. The van der Waals surface area contributed by atoms with E-state index in [1.165, 1.54) is 4.90 Å². The van der Waals surface area contributed by atoms with Crippen molar-refractivity contribution in [2.75, 3.05) is 20.3 Å². The number of Topliss-reactive ketones (excluding diaryl/α,β-unsaturated/α-hetero) is 1. The lowest BCUT2D eigenvalue weighted by atomic mass is 9.95. The van der Waals surface area contributed by atoms with Crippen LogP contribution in [0.5, 0.6) is 0 Å². The summed E-state index contributed by atoms with van der Waals surface area (Å²) in [5.74, 6) is -1.45. The smallest absolute Gasteiger partial charge is 0.295 e. The number of likely N-dealkylation sites (tertiary alicyclic amines) is 1. The van der Waals surface area contributed by atoms with E-state index >= 15 is 0 Å². The number of carbonyl (C=O) groups is 2. The lowest BCUT2D eigenvalue weighted by Gasteiger charge is -2.25. The molecule has 26 heavy (non-hydrogen) atoms. The van der Waals surface area contributed by atoms with Gasteiger partial charge in [-0.3, -0.25) is 9.59 Å². The van der Waals surface area contributed by atoms with Crippen molar-refractivity contribution in [3.8, 4) is 0 Å². The number of hydrogen-bond donors (Lipinski definition) is 1. The number of hydrogen-bond acceptors (Lipinski definition) is 4. The number of rotatable bonds is 5. The van der Waals surface area contributed by atoms with Crippen LogP contribution in [0.25, 0.3) is 5.76 Å². The predicted molar refractivity (Wildman–Crippen MR) is 98.5 cm³/mol. The molecular formula is C21H21NO4. The molecule has 5 nitrogen and oxygen atoms in total. The highest BCUT2D eigenvalue weighted by molar-refractivity contribution is 6.46. The zero-order chi connectivity index (χ0) is 18.7. The van der Waals surface area contributed by atoms with E-state index < -0.39 is 17.7 Å². The van der Waals surface area contributed by atoms with E-state index in [1.807, 2.05) is 49.4 Å². The summed E-state index contributed by atoms with van der Waals surface area (Å²) >= 11 is 0. The minimum Gasteiger partial charge on any atom is -0.507 e. The molecule has 0 aromatic heterocycles. The van der Waals surface area contributed by atoms with Crippen molar-refractivity contribution in [2.45, 2.75) is 13.0 Å². The average molecular weight is 351 g/mol. The van der Waals surface area contributed by atoms with Crippen molar-refractivity contribution >= 4 is 17.4 Å². The molecule has 0 unspecified atom stereocenters. The molecular weight excluding hydrogens is 330 g/mol. The fraction of sp³-hybridized carbons (Fsp3) is 0.238. The Labute approximate surface area is 152 Å². The summed E-state index contributed by atoms with van der Waals surface area (Å²) in [6.07, 6.45) is 0. The predicted octanol–water partition coefficient (Wildman–Crippen LogP) is 3.06. The van der Waals surface area contributed by atoms with Gasteiger partial charge in [0, 0.05) is 19.2 Å². The lowest BCUT2D eigenvalue weighted by molar-refractivity contribution is -0.140. The molecule has 2 aromatic rings. The summed E-state index contributed by atoms with van der Waals surface area (Å²) < 4.78 is 5.08. The van der Waals surface area contributed by atoms with Crippen molar-refractivity contribution in [1.82, 2.24) is 4.90 Å². The first-order valence-corrected chi connectivity index (χ1v) is 8.44. The Morgan fingerprint density at radius 1 is 1.08 bits per heavy atom. The fourth-order valence-electron chi connectivity index (χ4n) is 3.15. The monoisotopic (exact) mass is 351 g/mol. The molecule has 3 rings (SSSR count). The van der Waals surface area contributed by atoms with Gasteiger partial charge in [-0.1, -0.05) is 60.2 Å². The molecule has 5 heteroatoms. The molecule has 1 aliphatic heterocycles. The van der Waals surface area contributed by atoms with Gasteiger partial charge in [0.15, 0.2) is 0 Å². The number of nitrogens with zero attached hydrogens (tertiary/aromatic N) is 1. The quantitative estimate of drug-likeness (QED) is 0.511. The largest absolute Gasteiger partial charge is 0.507 e. The number of aryl methyl sites for hydroxylation is 1. The Balaban J connectivity index is 2.14. The second kappa shape index (κ2) is 7.54. The summed E-state index contributed by atoms with van der Waals surface area (Å²) in [7, 11) is 1.54. The Morgan fingerprint density at radius 3 is 2.35 bits per heavy atom. The maximum absolute atomic E-state index is 12.7. The van der Waals surface area contributed by atoms with Crippen LogP contribution >= 0.6 is 0 Å². The lowest BCUT2D eigenvalue weighted by Crippen LogP contribution is -2.32. The SMILES string of the molecule is COCCN1C(=O)C(=O)C(=C(O)c2ccc(C)cc2)[C@@H]1c1ccccc1. The third-order valence-corrected chi connectivity index (χ3v) is 4.52. The van der Waals surface area contributed by atoms with Gasteiger partial charge >= 0.3 is 0 Å². The first kappa shape index (κ1) is 17.9. The minimum atomic E-state index is -0.673. The van der Waals surface area contributed by atoms with Gasteiger partial charge in [0.25, 0.3) is 11.7 Å². The summed E-state index contributed by atoms with van der Waals surface area (Å²) in [5.41, 5.74) is 2.44. The molecule has 2 aromatic carbocycles. The molecule has 0 bridgehead atoms. The highest BCUT2D eigenvalue weighted by atomic mass is 16.5. The van der Waals surface area contributed by atoms with E-state index in [0.29, 0.717) is 12.2 Å². The third kappa shape index (κ3) is 3.26. The fourth-order valence-corrected chi connectivity index (χ4v) is 3.15. The zero-order valence-corrected chi connectivity index (χ0v) is 14.8. The van der Waals surface area contributed by atoms with Crippen LogP contribution < -0.4 is 0 Å². The molecule has 0 spiro atoms. The highest BCUT2D eigenvalue weighted by Crippen LogP contribution is 2.39. The number of amides is 1. The van der Waals surface area contributed by atoms with E-state index in [2.05, 4.69) is 0 Å². The summed E-state index contributed by atoms with van der Waals surface area (Å²) in [6.45, 7) is 2.52. The van der Waals surface area contributed by atoms with Gasteiger partial charge in [0.05, 0.1) is 18.2 Å². The summed E-state index contributed by atoms with van der Waals surface area (Å²) in [6, 6.07) is 15.8. The van der Waals surface area contributed by atoms with E-state index in [1.54, 1.807) is 19.2 Å². The zero-order valence-electron chi connectivity index (χ0n) is 14.8. The summed E-state index contributed by atoms with van der Waals surface area (Å²) in [5, 5.41) is 10.8. The van der Waals surface area contributed by atoms with Crippen LogP contribution in [0.2, 0.25) is 0 Å². The number of ether oxygens (including phenoxy) is 1. The normalized spacial score (nSPS) is 19.2. The molecule has 0 saturated carbocycles. The Bertz CT molecular complexity index is 840. The standard InChI is InChI=1S/C21H21NO4/c1-14-8-10-16(11-9-14)19(23)17-18(15-6-4-3-5-7-15)22(12-13-26-2)21(25)20(17)24/h3-11,18,23H,12-13H2,1-2H3/t18-/m0/s1. The van der Waals surface area contributed by atoms with Gasteiger partial charge < -0.3 is 14.7 Å². The second-order valence-corrected chi connectivity index (χ2v) is 6.26. The van der Waals surface area contributed by atoms with E-state index in [-0.39, 0.29) is 17.9 Å². The van der Waals surface area contributed by atoms with Crippen molar-refractivity contribution in [1.29, 1.82) is 0 Å². The number of carbonyl (C=O) groups excluding carboxylic acids is 2. The van der Waals surface area contributed by atoms with Crippen LogP contribution in [0.15, 0.2) is 60.2 Å². The maximum atomic E-state index is 12.7.